The lowest BCUT2D eigenvalue weighted by Gasteiger charge is -2.15. The summed E-state index contributed by atoms with van der Waals surface area (Å²) in [5, 5.41) is 1.32. The molecule has 4 aromatic rings. The molecule has 29 heavy (non-hydrogen) atoms. The number of hydrogen-bond donors (Lipinski definition) is 0. The van der Waals surface area contributed by atoms with Crippen molar-refractivity contribution in [2.75, 3.05) is 0 Å². The predicted molar refractivity (Wildman–Crippen MR) is 113 cm³/mol. The van der Waals surface area contributed by atoms with E-state index in [0.29, 0.717) is 32.9 Å². The van der Waals surface area contributed by atoms with Gasteiger partial charge in [-0.05, 0) is 37.6 Å². The van der Waals surface area contributed by atoms with Gasteiger partial charge in [-0.25, -0.2) is 18.2 Å². The minimum absolute atomic E-state index is 0.0861. The van der Waals surface area contributed by atoms with Crippen molar-refractivity contribution in [2.45, 2.75) is 18.7 Å². The van der Waals surface area contributed by atoms with E-state index in [2.05, 4.69) is 4.98 Å². The molecule has 1 heterocycles. The Bertz CT molecular complexity index is 1340. The van der Waals surface area contributed by atoms with E-state index < -0.39 is 15.0 Å². The molecule has 0 atom stereocenters. The molecule has 0 radical (unpaired) electrons. The molecule has 7 heteroatoms. The zero-order valence-electron chi connectivity index (χ0n) is 15.6. The predicted octanol–water partition coefficient (Wildman–Crippen LogP) is 5.15. The van der Waals surface area contributed by atoms with Gasteiger partial charge in [0.1, 0.15) is 5.75 Å². The number of rotatable bonds is 3. The third kappa shape index (κ3) is 3.45. The number of esters is 1. The Balaban J connectivity index is 1.92. The number of fused-ring (bicyclic) bond motifs is 2. The second-order valence-corrected chi connectivity index (χ2v) is 9.22. The third-order valence-electron chi connectivity index (χ3n) is 4.80. The van der Waals surface area contributed by atoms with Gasteiger partial charge in [0.2, 0.25) is 0 Å². The number of aryl methyl sites for hydroxylation is 1. The van der Waals surface area contributed by atoms with Gasteiger partial charge < -0.3 is 4.74 Å². The van der Waals surface area contributed by atoms with E-state index >= 15 is 0 Å². The Kier molecular flexibility index (Phi) is 4.76. The molecule has 4 rings (SSSR count). The van der Waals surface area contributed by atoms with Gasteiger partial charge in [0.05, 0.1) is 21.5 Å². The number of carbonyl (C=O) groups is 1. The lowest BCUT2D eigenvalue weighted by molar-refractivity contribution is 0.0736. The Morgan fingerprint density at radius 3 is 2.00 bits per heavy atom. The van der Waals surface area contributed by atoms with Crippen LogP contribution in [0.4, 0.5) is 0 Å². The van der Waals surface area contributed by atoms with Crippen LogP contribution in [0.2, 0.25) is 0 Å². The number of pyridine rings is 1. The number of hydrogen-bond acceptors (Lipinski definition) is 5. The van der Waals surface area contributed by atoms with E-state index in [1.165, 1.54) is 6.07 Å². The molecule has 0 amide bonds. The standard InChI is InChI=1S/C22H16ClNO4S/c1-13-11-12-19(29(23,26)27)14(2)21(13)28-22(25)20-15-7-3-5-9-17(15)24-18-10-6-4-8-16(18)20/h3-12H,1-2H3. The molecule has 0 aliphatic heterocycles. The highest BCUT2D eigenvalue weighted by Crippen LogP contribution is 2.33. The zero-order chi connectivity index (χ0) is 20.8. The van der Waals surface area contributed by atoms with Crippen LogP contribution in [0.3, 0.4) is 0 Å². The maximum atomic E-state index is 13.3. The number of nitrogens with zero attached hydrogens (tertiary/aromatic N) is 1. The highest BCUT2D eigenvalue weighted by molar-refractivity contribution is 8.13. The first-order chi connectivity index (χ1) is 13.8. The quantitative estimate of drug-likeness (QED) is 0.196. The topological polar surface area (TPSA) is 73.3 Å². The maximum Gasteiger partial charge on any atom is 0.344 e. The van der Waals surface area contributed by atoms with Crippen LogP contribution in [0.25, 0.3) is 21.8 Å². The summed E-state index contributed by atoms with van der Waals surface area (Å²) < 4.78 is 29.4. The van der Waals surface area contributed by atoms with E-state index in [-0.39, 0.29) is 16.2 Å². The van der Waals surface area contributed by atoms with Crippen LogP contribution >= 0.6 is 10.7 Å². The molecular weight excluding hydrogens is 410 g/mol. The van der Waals surface area contributed by atoms with Gasteiger partial charge in [0, 0.05) is 27.0 Å². The average Bonchev–Trinajstić information content (AvgIpc) is 2.68. The smallest absolute Gasteiger partial charge is 0.344 e. The normalized spacial score (nSPS) is 11.7. The molecule has 0 aliphatic carbocycles. The fourth-order valence-corrected chi connectivity index (χ4v) is 4.62. The highest BCUT2D eigenvalue weighted by atomic mass is 35.7. The minimum atomic E-state index is -3.97. The monoisotopic (exact) mass is 425 g/mol. The fraction of sp³-hybridized carbons (Fsp3) is 0.0909. The van der Waals surface area contributed by atoms with Crippen LogP contribution in [-0.2, 0) is 9.05 Å². The summed E-state index contributed by atoms with van der Waals surface area (Å²) in [6.45, 7) is 3.30. The molecule has 0 fully saturated rings. The van der Waals surface area contributed by atoms with Gasteiger partial charge in [0.15, 0.2) is 0 Å². The summed E-state index contributed by atoms with van der Waals surface area (Å²) in [6, 6.07) is 17.6. The second-order valence-electron chi connectivity index (χ2n) is 6.68. The summed E-state index contributed by atoms with van der Waals surface area (Å²) >= 11 is 0. The Labute approximate surface area is 172 Å². The summed E-state index contributed by atoms with van der Waals surface area (Å²) in [5.41, 5.74) is 2.63. The van der Waals surface area contributed by atoms with Gasteiger partial charge in [-0.2, -0.15) is 0 Å². The summed E-state index contributed by atoms with van der Waals surface area (Å²) in [6.07, 6.45) is 0. The largest absolute Gasteiger partial charge is 0.422 e. The van der Waals surface area contributed by atoms with Crippen LogP contribution in [0, 0.1) is 13.8 Å². The molecule has 0 unspecified atom stereocenters. The number of aromatic nitrogens is 1. The summed E-state index contributed by atoms with van der Waals surface area (Å²) in [7, 11) is 1.55. The lowest BCUT2D eigenvalue weighted by atomic mass is 10.0. The van der Waals surface area contributed by atoms with Gasteiger partial charge in [-0.1, -0.05) is 42.5 Å². The van der Waals surface area contributed by atoms with E-state index in [9.17, 15) is 13.2 Å². The van der Waals surface area contributed by atoms with Crippen molar-refractivity contribution in [3.63, 3.8) is 0 Å². The number of carbonyl (C=O) groups excluding carboxylic acids is 1. The SMILES string of the molecule is Cc1ccc(S(=O)(=O)Cl)c(C)c1OC(=O)c1c2ccccc2nc2ccccc12. The number of halogens is 1. The Hall–Kier alpha value is -2.96. The third-order valence-corrected chi connectivity index (χ3v) is 6.27. The van der Waals surface area contributed by atoms with Crippen LogP contribution in [0.15, 0.2) is 65.6 Å². The first-order valence-corrected chi connectivity index (χ1v) is 11.1. The molecule has 1 aromatic heterocycles. The van der Waals surface area contributed by atoms with Gasteiger partial charge in [-0.3, -0.25) is 0 Å². The van der Waals surface area contributed by atoms with Crippen LogP contribution in [-0.4, -0.2) is 19.4 Å². The van der Waals surface area contributed by atoms with Crippen molar-refractivity contribution in [2.24, 2.45) is 0 Å². The van der Waals surface area contributed by atoms with E-state index in [4.69, 9.17) is 15.4 Å². The molecule has 0 N–H and O–H groups in total. The first-order valence-electron chi connectivity index (χ1n) is 8.82. The van der Waals surface area contributed by atoms with Crippen LogP contribution in [0.1, 0.15) is 21.5 Å². The highest BCUT2D eigenvalue weighted by Gasteiger charge is 2.23. The van der Waals surface area contributed by atoms with Gasteiger partial charge >= 0.3 is 5.97 Å². The number of benzene rings is 3. The fourth-order valence-electron chi connectivity index (χ4n) is 3.43. The molecule has 0 saturated heterocycles. The van der Waals surface area contributed by atoms with E-state index in [1.807, 2.05) is 48.5 Å². The van der Waals surface area contributed by atoms with Crippen molar-refractivity contribution in [1.82, 2.24) is 4.98 Å². The van der Waals surface area contributed by atoms with Crippen molar-refractivity contribution >= 4 is 47.5 Å². The first kappa shape index (κ1) is 19.4. The molecule has 0 bridgehead atoms. The Morgan fingerprint density at radius 1 is 0.897 bits per heavy atom. The van der Waals surface area contributed by atoms with Crippen molar-refractivity contribution in [1.29, 1.82) is 0 Å². The molecule has 0 aliphatic rings. The maximum absolute atomic E-state index is 13.3. The van der Waals surface area contributed by atoms with Crippen LogP contribution in [0.5, 0.6) is 5.75 Å². The Morgan fingerprint density at radius 2 is 1.45 bits per heavy atom. The van der Waals surface area contributed by atoms with Gasteiger partial charge in [-0.15, -0.1) is 0 Å². The van der Waals surface area contributed by atoms with Crippen molar-refractivity contribution < 1.29 is 17.9 Å². The molecule has 0 spiro atoms. The lowest BCUT2D eigenvalue weighted by Crippen LogP contribution is -2.13. The molecular formula is C22H16ClNO4S. The van der Waals surface area contributed by atoms with Gasteiger partial charge in [0.25, 0.3) is 9.05 Å². The zero-order valence-corrected chi connectivity index (χ0v) is 17.2. The number of para-hydroxylation sites is 2. The molecule has 5 nitrogen and oxygen atoms in total. The molecule has 0 saturated carbocycles. The average molecular weight is 426 g/mol. The van der Waals surface area contributed by atoms with Crippen molar-refractivity contribution in [3.05, 3.63) is 77.4 Å². The second kappa shape index (κ2) is 7.13. The molecule has 3 aromatic carbocycles. The summed E-state index contributed by atoms with van der Waals surface area (Å²) in [4.78, 5) is 17.8. The summed E-state index contributed by atoms with van der Waals surface area (Å²) in [5.74, 6) is -0.406. The van der Waals surface area contributed by atoms with Crippen LogP contribution < -0.4 is 4.74 Å². The number of ether oxygens (including phenoxy) is 1. The van der Waals surface area contributed by atoms with E-state index in [0.717, 1.165) is 0 Å². The van der Waals surface area contributed by atoms with E-state index in [1.54, 1.807) is 19.9 Å². The molecule has 146 valence electrons. The minimum Gasteiger partial charge on any atom is -0.422 e. The van der Waals surface area contributed by atoms with Crippen molar-refractivity contribution in [3.8, 4) is 5.75 Å².